The molecule has 1 N–H and O–H groups in total. The van der Waals surface area contributed by atoms with E-state index in [1.165, 1.54) is 11.0 Å². The molecule has 25 heavy (non-hydrogen) atoms. The number of benzene rings is 2. The van der Waals surface area contributed by atoms with E-state index in [2.05, 4.69) is 11.9 Å². The minimum absolute atomic E-state index is 0.158. The van der Waals surface area contributed by atoms with Crippen molar-refractivity contribution in [3.05, 3.63) is 78.5 Å². The van der Waals surface area contributed by atoms with Crippen molar-refractivity contribution in [3.63, 3.8) is 0 Å². The van der Waals surface area contributed by atoms with E-state index in [4.69, 9.17) is 4.74 Å². The zero-order valence-corrected chi connectivity index (χ0v) is 13.9. The minimum Gasteiger partial charge on any atom is -0.495 e. The number of hydrogen-bond donors (Lipinski definition) is 1. The first-order chi connectivity index (χ1) is 12.2. The first-order valence-corrected chi connectivity index (χ1v) is 7.84. The van der Waals surface area contributed by atoms with E-state index in [1.54, 1.807) is 19.2 Å². The van der Waals surface area contributed by atoms with E-state index in [0.717, 1.165) is 0 Å². The molecule has 1 aliphatic rings. The molecule has 0 radical (unpaired) electrons. The van der Waals surface area contributed by atoms with Gasteiger partial charge in [0.25, 0.3) is 11.8 Å². The number of anilines is 1. The summed E-state index contributed by atoms with van der Waals surface area (Å²) in [7, 11) is 1.55. The van der Waals surface area contributed by atoms with E-state index in [0.29, 0.717) is 22.6 Å². The van der Waals surface area contributed by atoms with Crippen LogP contribution in [0.15, 0.2) is 72.9 Å². The highest BCUT2D eigenvalue weighted by Crippen LogP contribution is 2.32. The lowest BCUT2D eigenvalue weighted by Crippen LogP contribution is -2.32. The summed E-state index contributed by atoms with van der Waals surface area (Å²) in [5, 5.41) is 3.09. The van der Waals surface area contributed by atoms with Gasteiger partial charge in [0.15, 0.2) is 0 Å². The molecule has 0 aromatic heterocycles. The average molecular weight is 334 g/mol. The molecule has 5 heteroatoms. The average Bonchev–Trinajstić information content (AvgIpc) is 2.87. The highest BCUT2D eigenvalue weighted by molar-refractivity contribution is 6.36. The number of para-hydroxylation sites is 2. The number of nitrogens with one attached hydrogen (secondary N) is 1. The molecule has 2 aromatic rings. The molecule has 126 valence electrons. The summed E-state index contributed by atoms with van der Waals surface area (Å²) < 4.78 is 5.32. The van der Waals surface area contributed by atoms with Gasteiger partial charge in [0.05, 0.1) is 18.4 Å². The van der Waals surface area contributed by atoms with Crippen molar-refractivity contribution in [3.8, 4) is 5.75 Å². The molecule has 1 heterocycles. The van der Waals surface area contributed by atoms with Crippen molar-refractivity contribution < 1.29 is 14.3 Å². The molecule has 0 saturated heterocycles. The SMILES string of the molecule is C=CCN1C(=O)C(Nc2ccccc2OC)=C(c2ccccc2)C1=O. The summed E-state index contributed by atoms with van der Waals surface area (Å²) in [5.74, 6) is -0.131. The van der Waals surface area contributed by atoms with Crippen LogP contribution in [0.1, 0.15) is 5.56 Å². The molecule has 2 amide bonds. The third kappa shape index (κ3) is 3.04. The summed E-state index contributed by atoms with van der Waals surface area (Å²) in [4.78, 5) is 26.8. The Bertz CT molecular complexity index is 856. The van der Waals surface area contributed by atoms with Crippen LogP contribution in [-0.4, -0.2) is 30.4 Å². The lowest BCUT2D eigenvalue weighted by Gasteiger charge is -2.13. The van der Waals surface area contributed by atoms with Gasteiger partial charge in [0.2, 0.25) is 0 Å². The molecule has 0 atom stereocenters. The summed E-state index contributed by atoms with van der Waals surface area (Å²) in [5.41, 5.74) is 1.89. The fourth-order valence-electron chi connectivity index (χ4n) is 2.74. The molecule has 1 aliphatic heterocycles. The smallest absolute Gasteiger partial charge is 0.278 e. The normalized spacial score (nSPS) is 14.0. The van der Waals surface area contributed by atoms with E-state index >= 15 is 0 Å². The number of nitrogens with zero attached hydrogens (tertiary/aromatic N) is 1. The standard InChI is InChI=1S/C20H18N2O3/c1-3-13-22-19(23)17(14-9-5-4-6-10-14)18(20(22)24)21-15-11-7-8-12-16(15)25-2/h3-12,21H,1,13H2,2H3. The van der Waals surface area contributed by atoms with E-state index in [1.807, 2.05) is 42.5 Å². The summed E-state index contributed by atoms with van der Waals surface area (Å²) in [6.07, 6.45) is 1.53. The van der Waals surface area contributed by atoms with Crippen LogP contribution in [0.5, 0.6) is 5.75 Å². The van der Waals surface area contributed by atoms with Crippen molar-refractivity contribution >= 4 is 23.1 Å². The Morgan fingerprint density at radius 1 is 1.04 bits per heavy atom. The van der Waals surface area contributed by atoms with Gasteiger partial charge in [-0.2, -0.15) is 0 Å². The van der Waals surface area contributed by atoms with Gasteiger partial charge in [-0.15, -0.1) is 6.58 Å². The monoisotopic (exact) mass is 334 g/mol. The number of carbonyl (C=O) groups excluding carboxylic acids is 2. The van der Waals surface area contributed by atoms with Gasteiger partial charge in [-0.05, 0) is 17.7 Å². The van der Waals surface area contributed by atoms with Gasteiger partial charge >= 0.3 is 0 Å². The number of amides is 2. The maximum Gasteiger partial charge on any atom is 0.278 e. The van der Waals surface area contributed by atoms with Crippen LogP contribution in [0.2, 0.25) is 0 Å². The maximum atomic E-state index is 12.8. The van der Waals surface area contributed by atoms with Gasteiger partial charge in [0.1, 0.15) is 11.4 Å². The predicted octanol–water partition coefficient (Wildman–Crippen LogP) is 3.07. The molecule has 0 bridgehead atoms. The molecule has 2 aromatic carbocycles. The van der Waals surface area contributed by atoms with Crippen molar-refractivity contribution in [2.24, 2.45) is 0 Å². The van der Waals surface area contributed by atoms with Gasteiger partial charge < -0.3 is 10.1 Å². The Morgan fingerprint density at radius 3 is 2.40 bits per heavy atom. The highest BCUT2D eigenvalue weighted by Gasteiger charge is 2.38. The van der Waals surface area contributed by atoms with Crippen molar-refractivity contribution in [2.75, 3.05) is 19.0 Å². The topological polar surface area (TPSA) is 58.6 Å². The molecule has 0 fully saturated rings. The van der Waals surface area contributed by atoms with Crippen molar-refractivity contribution in [1.29, 1.82) is 0 Å². The Morgan fingerprint density at radius 2 is 1.72 bits per heavy atom. The van der Waals surface area contributed by atoms with Crippen LogP contribution >= 0.6 is 0 Å². The Labute approximate surface area is 146 Å². The lowest BCUT2D eigenvalue weighted by molar-refractivity contribution is -0.136. The fraction of sp³-hybridized carbons (Fsp3) is 0.100. The quantitative estimate of drug-likeness (QED) is 0.651. The largest absolute Gasteiger partial charge is 0.495 e. The maximum absolute atomic E-state index is 12.8. The van der Waals surface area contributed by atoms with Crippen LogP contribution in [-0.2, 0) is 9.59 Å². The van der Waals surface area contributed by atoms with Crippen LogP contribution in [0, 0.1) is 0 Å². The minimum atomic E-state index is -0.380. The molecule has 0 spiro atoms. The van der Waals surface area contributed by atoms with E-state index in [9.17, 15) is 9.59 Å². The van der Waals surface area contributed by atoms with Crippen LogP contribution < -0.4 is 10.1 Å². The first kappa shape index (κ1) is 16.5. The van der Waals surface area contributed by atoms with E-state index < -0.39 is 0 Å². The molecule has 0 saturated carbocycles. The lowest BCUT2D eigenvalue weighted by atomic mass is 10.0. The second-order valence-electron chi connectivity index (χ2n) is 5.45. The Balaban J connectivity index is 2.10. The molecule has 0 unspecified atom stereocenters. The third-order valence-electron chi connectivity index (χ3n) is 3.91. The van der Waals surface area contributed by atoms with E-state index in [-0.39, 0.29) is 24.1 Å². The Kier molecular flexibility index (Phi) is 4.66. The predicted molar refractivity (Wildman–Crippen MR) is 96.9 cm³/mol. The number of ether oxygens (including phenoxy) is 1. The Hall–Kier alpha value is -3.34. The third-order valence-corrected chi connectivity index (χ3v) is 3.91. The molecule has 0 aliphatic carbocycles. The molecule has 5 nitrogen and oxygen atoms in total. The molecular formula is C20H18N2O3. The van der Waals surface area contributed by atoms with Crippen LogP contribution in [0.25, 0.3) is 5.57 Å². The number of imide groups is 1. The number of methoxy groups -OCH3 is 1. The second kappa shape index (κ2) is 7.05. The van der Waals surface area contributed by atoms with Gasteiger partial charge in [0, 0.05) is 6.54 Å². The second-order valence-corrected chi connectivity index (χ2v) is 5.45. The number of carbonyl (C=O) groups is 2. The summed E-state index contributed by atoms with van der Waals surface area (Å²) >= 11 is 0. The van der Waals surface area contributed by atoms with Crippen molar-refractivity contribution in [1.82, 2.24) is 4.90 Å². The van der Waals surface area contributed by atoms with Crippen LogP contribution in [0.3, 0.4) is 0 Å². The highest BCUT2D eigenvalue weighted by atomic mass is 16.5. The zero-order chi connectivity index (χ0) is 17.8. The van der Waals surface area contributed by atoms with Crippen LogP contribution in [0.4, 0.5) is 5.69 Å². The molecule has 3 rings (SSSR count). The zero-order valence-electron chi connectivity index (χ0n) is 13.9. The first-order valence-electron chi connectivity index (χ1n) is 7.84. The summed E-state index contributed by atoms with van der Waals surface area (Å²) in [6.45, 7) is 3.78. The van der Waals surface area contributed by atoms with Gasteiger partial charge in [-0.1, -0.05) is 48.5 Å². The van der Waals surface area contributed by atoms with Gasteiger partial charge in [-0.25, -0.2) is 0 Å². The van der Waals surface area contributed by atoms with Gasteiger partial charge in [-0.3, -0.25) is 14.5 Å². The fourth-order valence-corrected chi connectivity index (χ4v) is 2.74. The summed E-state index contributed by atoms with van der Waals surface area (Å²) in [6, 6.07) is 16.4. The van der Waals surface area contributed by atoms with Crippen molar-refractivity contribution in [2.45, 2.75) is 0 Å². The molecular weight excluding hydrogens is 316 g/mol. The number of rotatable bonds is 6. The number of hydrogen-bond acceptors (Lipinski definition) is 4.